The van der Waals surface area contributed by atoms with Crippen molar-refractivity contribution >= 4 is 46.1 Å². The number of fused-ring (bicyclic) bond motifs is 3. The second-order valence-electron chi connectivity index (χ2n) is 6.93. The number of ether oxygens (including phenoxy) is 1. The van der Waals surface area contributed by atoms with Gasteiger partial charge in [0.15, 0.2) is 0 Å². The summed E-state index contributed by atoms with van der Waals surface area (Å²) in [6.45, 7) is 1.27. The van der Waals surface area contributed by atoms with Crippen molar-refractivity contribution in [3.05, 3.63) is 71.8 Å². The third-order valence-electron chi connectivity index (χ3n) is 5.04. The topological polar surface area (TPSA) is 122 Å². The van der Waals surface area contributed by atoms with Gasteiger partial charge in [-0.1, -0.05) is 48.5 Å². The van der Waals surface area contributed by atoms with E-state index in [0.29, 0.717) is 25.4 Å². The van der Waals surface area contributed by atoms with Gasteiger partial charge in [0.05, 0.1) is 30.3 Å². The number of halogens is 1. The highest BCUT2D eigenvalue weighted by molar-refractivity contribution is 6.10. The summed E-state index contributed by atoms with van der Waals surface area (Å²) < 4.78 is 7.99. The van der Waals surface area contributed by atoms with Crippen molar-refractivity contribution in [2.45, 2.75) is 12.6 Å². The lowest BCUT2D eigenvalue weighted by atomic mass is 10.1. The summed E-state index contributed by atoms with van der Waals surface area (Å²) in [4.78, 5) is 16.2. The Bertz CT molecular complexity index is 1180. The monoisotopic (exact) mass is 425 g/mol. The average molecular weight is 426 g/mol. The van der Waals surface area contributed by atoms with E-state index in [9.17, 15) is 4.79 Å². The molecule has 30 heavy (non-hydrogen) atoms. The Hall–Kier alpha value is -3.13. The standard InChI is InChI=1S/C22H23N5O2.ClH/c23-11-15(13-29-12-14-6-2-1-3-7-14)27-19-9-5-4-8-16(19)17-10-18(21(25)28)20(24)26-22(17)27;/h1-10,15H,11-13,23H2,(H2,24,26)(H2,25,28);1H. The summed E-state index contributed by atoms with van der Waals surface area (Å²) >= 11 is 0. The van der Waals surface area contributed by atoms with Crippen LogP contribution in [0.1, 0.15) is 22.0 Å². The summed E-state index contributed by atoms with van der Waals surface area (Å²) in [7, 11) is 0. The summed E-state index contributed by atoms with van der Waals surface area (Å²) in [5.74, 6) is -0.495. The number of aromatic nitrogens is 2. The minimum absolute atomic E-state index is 0. The maximum absolute atomic E-state index is 11.7. The Morgan fingerprint density at radius 3 is 2.47 bits per heavy atom. The largest absolute Gasteiger partial charge is 0.383 e. The second-order valence-corrected chi connectivity index (χ2v) is 6.93. The van der Waals surface area contributed by atoms with E-state index in [1.807, 2.05) is 59.2 Å². The van der Waals surface area contributed by atoms with Crippen LogP contribution in [0.2, 0.25) is 0 Å². The van der Waals surface area contributed by atoms with Crippen molar-refractivity contribution < 1.29 is 9.53 Å². The van der Waals surface area contributed by atoms with E-state index in [4.69, 9.17) is 21.9 Å². The molecule has 2 heterocycles. The summed E-state index contributed by atoms with van der Waals surface area (Å²) in [5, 5.41) is 1.77. The van der Waals surface area contributed by atoms with Crippen LogP contribution in [0.5, 0.6) is 0 Å². The van der Waals surface area contributed by atoms with Gasteiger partial charge >= 0.3 is 0 Å². The van der Waals surface area contributed by atoms with E-state index < -0.39 is 5.91 Å². The first-order valence-electron chi connectivity index (χ1n) is 9.41. The van der Waals surface area contributed by atoms with Crippen LogP contribution in [-0.2, 0) is 11.3 Å². The number of nitrogen functional groups attached to an aromatic ring is 1. The Kier molecular flexibility index (Phi) is 6.56. The van der Waals surface area contributed by atoms with E-state index in [2.05, 4.69) is 4.98 Å². The van der Waals surface area contributed by atoms with Crippen LogP contribution in [-0.4, -0.2) is 28.6 Å². The van der Waals surface area contributed by atoms with Crippen LogP contribution in [0.25, 0.3) is 21.9 Å². The van der Waals surface area contributed by atoms with Crippen molar-refractivity contribution in [3.8, 4) is 0 Å². The number of pyridine rings is 1. The molecule has 0 saturated heterocycles. The van der Waals surface area contributed by atoms with Crippen LogP contribution >= 0.6 is 12.4 Å². The molecule has 0 radical (unpaired) electrons. The first-order valence-corrected chi connectivity index (χ1v) is 9.41. The van der Waals surface area contributed by atoms with E-state index >= 15 is 0 Å². The minimum Gasteiger partial charge on any atom is -0.383 e. The molecule has 1 amide bonds. The van der Waals surface area contributed by atoms with Gasteiger partial charge in [-0.25, -0.2) is 4.98 Å². The number of para-hydroxylation sites is 1. The van der Waals surface area contributed by atoms with Gasteiger partial charge in [-0.15, -0.1) is 12.4 Å². The maximum atomic E-state index is 11.7. The molecule has 2 aromatic heterocycles. The first-order chi connectivity index (χ1) is 14.1. The third kappa shape index (κ3) is 3.95. The molecule has 0 spiro atoms. The molecule has 0 fully saturated rings. The zero-order valence-electron chi connectivity index (χ0n) is 16.3. The highest BCUT2D eigenvalue weighted by Gasteiger charge is 2.21. The number of nitrogens with two attached hydrogens (primary N) is 3. The van der Waals surface area contributed by atoms with Gasteiger partial charge < -0.3 is 26.5 Å². The Morgan fingerprint density at radius 1 is 1.07 bits per heavy atom. The van der Waals surface area contributed by atoms with Gasteiger partial charge in [0, 0.05) is 17.3 Å². The zero-order valence-corrected chi connectivity index (χ0v) is 17.1. The van der Waals surface area contributed by atoms with Crippen molar-refractivity contribution in [1.82, 2.24) is 9.55 Å². The Labute approximate surface area is 180 Å². The fraction of sp³-hybridized carbons (Fsp3) is 0.182. The number of anilines is 1. The molecule has 2 aromatic carbocycles. The van der Waals surface area contributed by atoms with E-state index in [1.54, 1.807) is 6.07 Å². The first kappa shape index (κ1) is 21.6. The SMILES string of the molecule is Cl.NCC(COCc1ccccc1)n1c2ccccc2c2cc(C(N)=O)c(N)nc21. The predicted octanol–water partition coefficient (Wildman–Crippen LogP) is 3.01. The fourth-order valence-corrected chi connectivity index (χ4v) is 3.63. The fourth-order valence-electron chi connectivity index (χ4n) is 3.63. The molecule has 1 atom stereocenters. The van der Waals surface area contributed by atoms with Crippen LogP contribution in [0.3, 0.4) is 0 Å². The molecule has 0 aliphatic carbocycles. The smallest absolute Gasteiger partial charge is 0.252 e. The number of carbonyl (C=O) groups is 1. The summed E-state index contributed by atoms with van der Waals surface area (Å²) in [6.07, 6.45) is 0. The van der Waals surface area contributed by atoms with Crippen molar-refractivity contribution in [2.75, 3.05) is 18.9 Å². The number of hydrogen-bond acceptors (Lipinski definition) is 5. The van der Waals surface area contributed by atoms with E-state index in [0.717, 1.165) is 21.9 Å². The van der Waals surface area contributed by atoms with E-state index in [-0.39, 0.29) is 29.8 Å². The maximum Gasteiger partial charge on any atom is 0.252 e. The van der Waals surface area contributed by atoms with Crippen LogP contribution < -0.4 is 17.2 Å². The van der Waals surface area contributed by atoms with Gasteiger partial charge in [-0.05, 0) is 17.7 Å². The molecule has 6 N–H and O–H groups in total. The highest BCUT2D eigenvalue weighted by Crippen LogP contribution is 2.32. The van der Waals surface area contributed by atoms with E-state index in [1.165, 1.54) is 0 Å². The molecule has 1 unspecified atom stereocenters. The number of rotatable bonds is 7. The Morgan fingerprint density at radius 2 is 1.77 bits per heavy atom. The number of primary amides is 1. The molecule has 4 rings (SSSR count). The summed E-state index contributed by atoms with van der Waals surface area (Å²) in [6, 6.07) is 19.4. The van der Waals surface area contributed by atoms with Crippen LogP contribution in [0.4, 0.5) is 5.82 Å². The Balaban J connectivity index is 0.00000256. The van der Waals surface area contributed by atoms with Gasteiger partial charge in [-0.3, -0.25) is 4.79 Å². The van der Waals surface area contributed by atoms with Crippen molar-refractivity contribution in [1.29, 1.82) is 0 Å². The predicted molar refractivity (Wildman–Crippen MR) is 122 cm³/mol. The molecular weight excluding hydrogens is 402 g/mol. The normalized spacial score (nSPS) is 12.0. The van der Waals surface area contributed by atoms with Crippen LogP contribution in [0.15, 0.2) is 60.7 Å². The molecule has 0 aliphatic rings. The van der Waals surface area contributed by atoms with Gasteiger partial charge in [0.25, 0.3) is 5.91 Å². The lowest BCUT2D eigenvalue weighted by Crippen LogP contribution is -2.24. The highest BCUT2D eigenvalue weighted by atomic mass is 35.5. The zero-order chi connectivity index (χ0) is 20.4. The van der Waals surface area contributed by atoms with Gasteiger partial charge in [0.2, 0.25) is 0 Å². The van der Waals surface area contributed by atoms with Gasteiger partial charge in [0.1, 0.15) is 11.5 Å². The average Bonchev–Trinajstić information content (AvgIpc) is 3.04. The number of nitrogens with zero attached hydrogens (tertiary/aromatic N) is 2. The van der Waals surface area contributed by atoms with Crippen molar-refractivity contribution in [3.63, 3.8) is 0 Å². The number of hydrogen-bond donors (Lipinski definition) is 3. The molecule has 8 heteroatoms. The molecule has 0 saturated carbocycles. The quantitative estimate of drug-likeness (QED) is 0.420. The molecular formula is C22H24ClN5O2. The lowest BCUT2D eigenvalue weighted by Gasteiger charge is -2.19. The lowest BCUT2D eigenvalue weighted by molar-refractivity contribution is 0.0941. The molecule has 4 aromatic rings. The number of carbonyl (C=O) groups excluding carboxylic acids is 1. The van der Waals surface area contributed by atoms with Crippen molar-refractivity contribution in [2.24, 2.45) is 11.5 Å². The molecule has 7 nitrogen and oxygen atoms in total. The molecule has 0 bridgehead atoms. The third-order valence-corrected chi connectivity index (χ3v) is 5.04. The minimum atomic E-state index is -0.602. The summed E-state index contributed by atoms with van der Waals surface area (Å²) in [5.41, 5.74) is 20.5. The molecule has 156 valence electrons. The second kappa shape index (κ2) is 9.13. The molecule has 0 aliphatic heterocycles. The number of amides is 1. The van der Waals surface area contributed by atoms with Crippen LogP contribution in [0, 0.1) is 0 Å². The number of benzene rings is 2. The van der Waals surface area contributed by atoms with Gasteiger partial charge in [-0.2, -0.15) is 0 Å².